The smallest absolute Gasteiger partial charge is 0.240 e. The first-order chi connectivity index (χ1) is 11.2. The van der Waals surface area contributed by atoms with Gasteiger partial charge in [-0.3, -0.25) is 9.78 Å². The van der Waals surface area contributed by atoms with E-state index in [1.54, 1.807) is 40.8 Å². The van der Waals surface area contributed by atoms with E-state index in [1.807, 2.05) is 24.4 Å². The SMILES string of the molecule is Cc1cccnc1[C@H](Cc1ccsc1)NC(=O)Cn1ccnc1. The first kappa shape index (κ1) is 15.4. The molecule has 0 aromatic carbocycles. The molecule has 23 heavy (non-hydrogen) atoms. The van der Waals surface area contributed by atoms with Crippen molar-refractivity contribution in [2.45, 2.75) is 25.9 Å². The van der Waals surface area contributed by atoms with Crippen LogP contribution in [-0.2, 0) is 17.8 Å². The number of imidazole rings is 1. The van der Waals surface area contributed by atoms with Crippen molar-refractivity contribution >= 4 is 17.2 Å². The lowest BCUT2D eigenvalue weighted by atomic mass is 10.0. The van der Waals surface area contributed by atoms with E-state index in [0.29, 0.717) is 0 Å². The summed E-state index contributed by atoms with van der Waals surface area (Å²) in [5.74, 6) is -0.0479. The van der Waals surface area contributed by atoms with Gasteiger partial charge in [-0.05, 0) is 47.4 Å². The standard InChI is InChI=1S/C17H18N4OS/c1-13-3-2-5-19-17(13)15(9-14-4-8-23-11-14)20-16(22)10-21-7-6-18-12-21/h2-8,11-12,15H,9-10H2,1H3,(H,20,22)/t15-/m0/s1. The highest BCUT2D eigenvalue weighted by atomic mass is 32.1. The Hall–Kier alpha value is -2.47. The maximum atomic E-state index is 12.3. The minimum absolute atomic E-state index is 0.0479. The monoisotopic (exact) mass is 326 g/mol. The van der Waals surface area contributed by atoms with Crippen LogP contribution in [0.2, 0.25) is 0 Å². The number of pyridine rings is 1. The van der Waals surface area contributed by atoms with Gasteiger partial charge in [0.1, 0.15) is 6.54 Å². The van der Waals surface area contributed by atoms with Crippen LogP contribution in [0.25, 0.3) is 0 Å². The van der Waals surface area contributed by atoms with Crippen molar-refractivity contribution in [1.82, 2.24) is 19.9 Å². The fraction of sp³-hybridized carbons (Fsp3) is 0.235. The molecule has 0 spiro atoms. The Labute approximate surface area is 139 Å². The molecule has 5 nitrogen and oxygen atoms in total. The molecule has 1 amide bonds. The molecule has 3 aromatic heterocycles. The average molecular weight is 326 g/mol. The van der Waals surface area contributed by atoms with Crippen molar-refractivity contribution in [1.29, 1.82) is 0 Å². The molecule has 3 rings (SSSR count). The van der Waals surface area contributed by atoms with Crippen LogP contribution in [0, 0.1) is 6.92 Å². The predicted octanol–water partition coefficient (Wildman–Crippen LogP) is 2.75. The lowest BCUT2D eigenvalue weighted by Crippen LogP contribution is -2.33. The van der Waals surface area contributed by atoms with Crippen LogP contribution in [0.3, 0.4) is 0 Å². The zero-order valence-corrected chi connectivity index (χ0v) is 13.7. The van der Waals surface area contributed by atoms with Gasteiger partial charge in [-0.25, -0.2) is 4.98 Å². The Morgan fingerprint density at radius 1 is 1.39 bits per heavy atom. The number of aromatic nitrogens is 3. The lowest BCUT2D eigenvalue weighted by Gasteiger charge is -2.20. The number of nitrogens with one attached hydrogen (secondary N) is 1. The second-order valence-corrected chi connectivity index (χ2v) is 6.18. The molecular weight excluding hydrogens is 308 g/mol. The van der Waals surface area contributed by atoms with E-state index in [-0.39, 0.29) is 18.5 Å². The van der Waals surface area contributed by atoms with Crippen molar-refractivity contribution in [3.05, 3.63) is 70.7 Å². The number of rotatable bonds is 6. The summed E-state index contributed by atoms with van der Waals surface area (Å²) in [6.45, 7) is 2.27. The van der Waals surface area contributed by atoms with Gasteiger partial charge in [0.25, 0.3) is 0 Å². The molecule has 0 aliphatic carbocycles. The first-order valence-corrected chi connectivity index (χ1v) is 8.34. The summed E-state index contributed by atoms with van der Waals surface area (Å²) in [6, 6.07) is 5.87. The normalized spacial score (nSPS) is 12.0. The van der Waals surface area contributed by atoms with Gasteiger partial charge in [-0.2, -0.15) is 11.3 Å². The maximum absolute atomic E-state index is 12.3. The summed E-state index contributed by atoms with van der Waals surface area (Å²) in [5, 5.41) is 7.26. The average Bonchev–Trinajstić information content (AvgIpc) is 3.21. The van der Waals surface area contributed by atoms with Gasteiger partial charge < -0.3 is 9.88 Å². The van der Waals surface area contributed by atoms with Gasteiger partial charge in [-0.1, -0.05) is 6.07 Å². The Balaban J connectivity index is 1.77. The highest BCUT2D eigenvalue weighted by Crippen LogP contribution is 2.21. The fourth-order valence-electron chi connectivity index (χ4n) is 2.51. The molecule has 6 heteroatoms. The Morgan fingerprint density at radius 2 is 2.30 bits per heavy atom. The zero-order valence-electron chi connectivity index (χ0n) is 12.8. The summed E-state index contributed by atoms with van der Waals surface area (Å²) in [5.41, 5.74) is 3.20. The Kier molecular flexibility index (Phi) is 4.83. The lowest BCUT2D eigenvalue weighted by molar-refractivity contribution is -0.122. The Morgan fingerprint density at radius 3 is 3.00 bits per heavy atom. The van der Waals surface area contributed by atoms with Crippen LogP contribution in [0.1, 0.15) is 22.9 Å². The number of hydrogen-bond acceptors (Lipinski definition) is 4. The third kappa shape index (κ3) is 4.04. The van der Waals surface area contributed by atoms with Gasteiger partial charge in [0.05, 0.1) is 18.1 Å². The van der Waals surface area contributed by atoms with Gasteiger partial charge in [-0.15, -0.1) is 0 Å². The number of thiophene rings is 1. The molecule has 0 saturated carbocycles. The largest absolute Gasteiger partial charge is 0.346 e. The van der Waals surface area contributed by atoms with E-state index >= 15 is 0 Å². The van der Waals surface area contributed by atoms with E-state index in [9.17, 15) is 4.79 Å². The number of amides is 1. The van der Waals surface area contributed by atoms with E-state index in [1.165, 1.54) is 5.56 Å². The highest BCUT2D eigenvalue weighted by Gasteiger charge is 2.18. The van der Waals surface area contributed by atoms with Crippen molar-refractivity contribution in [2.75, 3.05) is 0 Å². The molecule has 0 unspecified atom stereocenters. The maximum Gasteiger partial charge on any atom is 0.240 e. The number of carbonyl (C=O) groups is 1. The molecule has 3 heterocycles. The molecule has 1 atom stereocenters. The summed E-state index contributed by atoms with van der Waals surface area (Å²) in [6.07, 6.45) is 7.58. The Bertz CT molecular complexity index is 753. The molecule has 0 fully saturated rings. The molecule has 118 valence electrons. The van der Waals surface area contributed by atoms with Gasteiger partial charge in [0, 0.05) is 18.6 Å². The number of aryl methyl sites for hydroxylation is 1. The topological polar surface area (TPSA) is 59.8 Å². The van der Waals surface area contributed by atoms with Crippen LogP contribution in [-0.4, -0.2) is 20.4 Å². The van der Waals surface area contributed by atoms with Crippen LogP contribution >= 0.6 is 11.3 Å². The molecule has 0 bridgehead atoms. The minimum Gasteiger partial charge on any atom is -0.346 e. The number of carbonyl (C=O) groups excluding carboxylic acids is 1. The molecular formula is C17H18N4OS. The molecule has 0 aliphatic heterocycles. The second-order valence-electron chi connectivity index (χ2n) is 5.40. The van der Waals surface area contributed by atoms with Gasteiger partial charge >= 0.3 is 0 Å². The van der Waals surface area contributed by atoms with Crippen molar-refractivity contribution in [3.63, 3.8) is 0 Å². The second kappa shape index (κ2) is 7.19. The van der Waals surface area contributed by atoms with Crippen molar-refractivity contribution in [3.8, 4) is 0 Å². The van der Waals surface area contributed by atoms with E-state index in [2.05, 4.69) is 26.7 Å². The number of nitrogens with zero attached hydrogens (tertiary/aromatic N) is 3. The van der Waals surface area contributed by atoms with Crippen LogP contribution in [0.15, 0.2) is 53.9 Å². The summed E-state index contributed by atoms with van der Waals surface area (Å²) >= 11 is 1.66. The third-order valence-corrected chi connectivity index (χ3v) is 4.35. The van der Waals surface area contributed by atoms with Crippen molar-refractivity contribution in [2.24, 2.45) is 0 Å². The quantitative estimate of drug-likeness (QED) is 0.758. The van der Waals surface area contributed by atoms with Gasteiger partial charge in [0.15, 0.2) is 0 Å². The van der Waals surface area contributed by atoms with E-state index in [0.717, 1.165) is 17.7 Å². The summed E-state index contributed by atoms with van der Waals surface area (Å²) < 4.78 is 1.75. The van der Waals surface area contributed by atoms with Crippen LogP contribution in [0.5, 0.6) is 0 Å². The summed E-state index contributed by atoms with van der Waals surface area (Å²) in [4.78, 5) is 20.8. The van der Waals surface area contributed by atoms with E-state index in [4.69, 9.17) is 0 Å². The van der Waals surface area contributed by atoms with E-state index < -0.39 is 0 Å². The number of hydrogen-bond donors (Lipinski definition) is 1. The molecule has 0 radical (unpaired) electrons. The van der Waals surface area contributed by atoms with Crippen LogP contribution < -0.4 is 5.32 Å². The fourth-order valence-corrected chi connectivity index (χ4v) is 3.19. The molecule has 0 saturated heterocycles. The third-order valence-electron chi connectivity index (χ3n) is 3.62. The van der Waals surface area contributed by atoms with Gasteiger partial charge in [0.2, 0.25) is 5.91 Å². The minimum atomic E-state index is -0.137. The molecule has 3 aromatic rings. The van der Waals surface area contributed by atoms with Crippen molar-refractivity contribution < 1.29 is 4.79 Å². The summed E-state index contributed by atoms with van der Waals surface area (Å²) in [7, 11) is 0. The zero-order chi connectivity index (χ0) is 16.1. The highest BCUT2D eigenvalue weighted by molar-refractivity contribution is 7.07. The first-order valence-electron chi connectivity index (χ1n) is 7.40. The predicted molar refractivity (Wildman–Crippen MR) is 90.1 cm³/mol. The van der Waals surface area contributed by atoms with Crippen LogP contribution in [0.4, 0.5) is 0 Å². The molecule has 1 N–H and O–H groups in total. The molecule has 0 aliphatic rings.